The number of halogens is 1. The number of benzene rings is 1. The molecule has 1 saturated heterocycles. The molecule has 0 aliphatic carbocycles. The van der Waals surface area contributed by atoms with Crippen molar-refractivity contribution in [3.63, 3.8) is 0 Å². The van der Waals surface area contributed by atoms with Crippen molar-refractivity contribution in [3.05, 3.63) is 68.9 Å². The molecule has 1 aliphatic heterocycles. The molecule has 0 bridgehead atoms. The Morgan fingerprint density at radius 2 is 2.00 bits per heavy atom. The van der Waals surface area contributed by atoms with Crippen LogP contribution in [0, 0.1) is 25.6 Å². The summed E-state index contributed by atoms with van der Waals surface area (Å²) < 4.78 is 13.0. The maximum atomic E-state index is 13.0. The fraction of sp³-hybridized carbons (Fsp3) is 0.476. The first kappa shape index (κ1) is 17.9. The second-order valence-electron chi connectivity index (χ2n) is 7.31. The Morgan fingerprint density at radius 1 is 1.24 bits per heavy atom. The lowest BCUT2D eigenvalue weighted by Gasteiger charge is -2.33. The molecule has 3 nitrogen and oxygen atoms in total. The van der Waals surface area contributed by atoms with Crippen LogP contribution >= 0.6 is 0 Å². The third-order valence-corrected chi connectivity index (χ3v) is 5.35. The standard InChI is InChI=1S/C21H27FN2O/c1-15-12-23-20(16(2)21(15)25)14-24-11-3-4-18(13-24)6-5-17-7-9-19(22)10-8-17/h7-10,12,18H,3-6,11,13-14H2,1-2H3,(H,23,25). The molecule has 1 fully saturated rings. The summed E-state index contributed by atoms with van der Waals surface area (Å²) >= 11 is 0. The summed E-state index contributed by atoms with van der Waals surface area (Å²) in [6.45, 7) is 6.73. The Morgan fingerprint density at radius 3 is 2.76 bits per heavy atom. The molecular weight excluding hydrogens is 315 g/mol. The second-order valence-corrected chi connectivity index (χ2v) is 7.31. The monoisotopic (exact) mass is 342 g/mol. The number of rotatable bonds is 5. The molecule has 4 heteroatoms. The number of aromatic amines is 1. The number of likely N-dealkylation sites (tertiary alicyclic amines) is 1. The highest BCUT2D eigenvalue weighted by Gasteiger charge is 2.21. The third-order valence-electron chi connectivity index (χ3n) is 5.35. The lowest BCUT2D eigenvalue weighted by Crippen LogP contribution is -2.36. The van der Waals surface area contributed by atoms with Gasteiger partial charge in [-0.1, -0.05) is 12.1 Å². The van der Waals surface area contributed by atoms with E-state index in [1.54, 1.807) is 12.1 Å². The molecule has 2 aromatic rings. The number of pyridine rings is 1. The molecule has 1 aromatic heterocycles. The van der Waals surface area contributed by atoms with Crippen molar-refractivity contribution in [2.24, 2.45) is 5.92 Å². The predicted molar refractivity (Wildman–Crippen MR) is 99.3 cm³/mol. The van der Waals surface area contributed by atoms with Gasteiger partial charge in [0, 0.05) is 36.1 Å². The van der Waals surface area contributed by atoms with Crippen LogP contribution in [-0.4, -0.2) is 23.0 Å². The average Bonchev–Trinajstić information content (AvgIpc) is 2.62. The summed E-state index contributed by atoms with van der Waals surface area (Å²) in [5.41, 5.74) is 4.01. The van der Waals surface area contributed by atoms with Crippen molar-refractivity contribution in [2.45, 2.75) is 46.1 Å². The van der Waals surface area contributed by atoms with Gasteiger partial charge in [0.1, 0.15) is 5.82 Å². The Hall–Kier alpha value is -1.94. The summed E-state index contributed by atoms with van der Waals surface area (Å²) in [7, 11) is 0. The van der Waals surface area contributed by atoms with Gasteiger partial charge in [-0.05, 0) is 69.7 Å². The highest BCUT2D eigenvalue weighted by molar-refractivity contribution is 5.23. The Labute approximate surface area is 148 Å². The summed E-state index contributed by atoms with van der Waals surface area (Å²) in [6.07, 6.45) is 6.40. The molecule has 25 heavy (non-hydrogen) atoms. The summed E-state index contributed by atoms with van der Waals surface area (Å²) in [5, 5.41) is 0. The molecule has 1 aromatic carbocycles. The van der Waals surface area contributed by atoms with E-state index < -0.39 is 0 Å². The van der Waals surface area contributed by atoms with Crippen LogP contribution in [-0.2, 0) is 13.0 Å². The molecule has 134 valence electrons. The SMILES string of the molecule is Cc1c[nH]c(CN2CCCC(CCc3ccc(F)cc3)C2)c(C)c1=O. The maximum Gasteiger partial charge on any atom is 0.187 e. The van der Waals surface area contributed by atoms with E-state index in [2.05, 4.69) is 9.88 Å². The predicted octanol–water partition coefficient (Wildman–Crippen LogP) is 3.98. The lowest BCUT2D eigenvalue weighted by atomic mass is 9.91. The van der Waals surface area contributed by atoms with E-state index in [4.69, 9.17) is 0 Å². The highest BCUT2D eigenvalue weighted by atomic mass is 19.1. The number of hydrogen-bond donors (Lipinski definition) is 1. The molecule has 0 amide bonds. The van der Waals surface area contributed by atoms with Crippen LogP contribution in [0.3, 0.4) is 0 Å². The van der Waals surface area contributed by atoms with E-state index in [1.807, 2.05) is 32.2 Å². The molecule has 3 rings (SSSR count). The fourth-order valence-electron chi connectivity index (χ4n) is 3.74. The number of piperidine rings is 1. The van der Waals surface area contributed by atoms with E-state index in [0.29, 0.717) is 5.92 Å². The first-order chi connectivity index (χ1) is 12.0. The molecule has 0 saturated carbocycles. The van der Waals surface area contributed by atoms with Gasteiger partial charge >= 0.3 is 0 Å². The average molecular weight is 342 g/mol. The van der Waals surface area contributed by atoms with Crippen LogP contribution in [0.1, 0.15) is 41.6 Å². The van der Waals surface area contributed by atoms with Crippen molar-refractivity contribution in [3.8, 4) is 0 Å². The number of aryl methyl sites for hydroxylation is 2. The Balaban J connectivity index is 1.57. The number of aromatic nitrogens is 1. The molecule has 1 atom stereocenters. The van der Waals surface area contributed by atoms with Crippen molar-refractivity contribution in [2.75, 3.05) is 13.1 Å². The first-order valence-electron chi connectivity index (χ1n) is 9.17. The minimum absolute atomic E-state index is 0.151. The topological polar surface area (TPSA) is 36.1 Å². The van der Waals surface area contributed by atoms with Gasteiger partial charge in [0.15, 0.2) is 5.43 Å². The van der Waals surface area contributed by atoms with Gasteiger partial charge < -0.3 is 4.98 Å². The maximum absolute atomic E-state index is 13.0. The van der Waals surface area contributed by atoms with Crippen molar-refractivity contribution in [1.82, 2.24) is 9.88 Å². The zero-order valence-corrected chi connectivity index (χ0v) is 15.1. The van der Waals surface area contributed by atoms with Crippen molar-refractivity contribution >= 4 is 0 Å². The fourth-order valence-corrected chi connectivity index (χ4v) is 3.74. The van der Waals surface area contributed by atoms with Gasteiger partial charge in [0.05, 0.1) is 0 Å². The molecule has 1 aliphatic rings. The lowest BCUT2D eigenvalue weighted by molar-refractivity contribution is 0.160. The normalized spacial score (nSPS) is 18.4. The van der Waals surface area contributed by atoms with E-state index in [0.717, 1.165) is 49.3 Å². The van der Waals surface area contributed by atoms with Crippen LogP contribution in [0.2, 0.25) is 0 Å². The van der Waals surface area contributed by atoms with Crippen LogP contribution in [0.15, 0.2) is 35.3 Å². The zero-order chi connectivity index (χ0) is 17.8. The van der Waals surface area contributed by atoms with Crippen LogP contribution in [0.5, 0.6) is 0 Å². The molecule has 0 radical (unpaired) electrons. The third kappa shape index (κ3) is 4.57. The minimum Gasteiger partial charge on any atom is -0.363 e. The molecule has 1 N–H and O–H groups in total. The summed E-state index contributed by atoms with van der Waals surface area (Å²) in [6, 6.07) is 6.85. The van der Waals surface area contributed by atoms with Crippen LogP contribution in [0.25, 0.3) is 0 Å². The van der Waals surface area contributed by atoms with Crippen molar-refractivity contribution < 1.29 is 4.39 Å². The number of H-pyrrole nitrogens is 1. The van der Waals surface area contributed by atoms with E-state index in [-0.39, 0.29) is 11.2 Å². The van der Waals surface area contributed by atoms with E-state index in [1.165, 1.54) is 18.4 Å². The molecular formula is C21H27FN2O. The molecule has 2 heterocycles. The van der Waals surface area contributed by atoms with Gasteiger partial charge in [0.2, 0.25) is 0 Å². The van der Waals surface area contributed by atoms with Crippen molar-refractivity contribution in [1.29, 1.82) is 0 Å². The first-order valence-corrected chi connectivity index (χ1v) is 9.17. The molecule has 0 spiro atoms. The minimum atomic E-state index is -0.171. The number of nitrogens with zero attached hydrogens (tertiary/aromatic N) is 1. The number of nitrogens with one attached hydrogen (secondary N) is 1. The quantitative estimate of drug-likeness (QED) is 0.892. The zero-order valence-electron chi connectivity index (χ0n) is 15.1. The van der Waals surface area contributed by atoms with Gasteiger partial charge in [0.25, 0.3) is 0 Å². The second kappa shape index (κ2) is 7.96. The van der Waals surface area contributed by atoms with E-state index >= 15 is 0 Å². The van der Waals surface area contributed by atoms with E-state index in [9.17, 15) is 9.18 Å². The highest BCUT2D eigenvalue weighted by Crippen LogP contribution is 2.23. The van der Waals surface area contributed by atoms with Crippen LogP contribution < -0.4 is 5.43 Å². The smallest absolute Gasteiger partial charge is 0.187 e. The van der Waals surface area contributed by atoms with Gasteiger partial charge in [-0.25, -0.2) is 4.39 Å². The van der Waals surface area contributed by atoms with Gasteiger partial charge in [-0.3, -0.25) is 9.69 Å². The number of hydrogen-bond acceptors (Lipinski definition) is 2. The Bertz CT molecular complexity index is 766. The largest absolute Gasteiger partial charge is 0.363 e. The van der Waals surface area contributed by atoms with Crippen LogP contribution in [0.4, 0.5) is 4.39 Å². The summed E-state index contributed by atoms with van der Waals surface area (Å²) in [4.78, 5) is 17.9. The summed E-state index contributed by atoms with van der Waals surface area (Å²) in [5.74, 6) is 0.492. The van der Waals surface area contributed by atoms with Gasteiger partial charge in [-0.15, -0.1) is 0 Å². The van der Waals surface area contributed by atoms with Gasteiger partial charge in [-0.2, -0.15) is 0 Å². The molecule has 1 unspecified atom stereocenters. The Kier molecular flexibility index (Phi) is 5.69.